The fraction of sp³-hybridized carbons (Fsp3) is 0.304. The van der Waals surface area contributed by atoms with Crippen molar-refractivity contribution < 1.29 is 22.7 Å². The van der Waals surface area contributed by atoms with Gasteiger partial charge in [-0.15, -0.1) is 0 Å². The van der Waals surface area contributed by atoms with Crippen LogP contribution in [0.4, 0.5) is 0 Å². The molecule has 0 aliphatic carbocycles. The molecular weight excluding hydrogens is 416 g/mol. The van der Waals surface area contributed by atoms with Gasteiger partial charge in [-0.05, 0) is 36.3 Å². The topological polar surface area (TPSA) is 92.8 Å². The Kier molecular flexibility index (Phi) is 8.96. The largest absolute Gasteiger partial charge is 0.452 e. The normalized spacial score (nSPS) is 12.6. The van der Waals surface area contributed by atoms with Crippen molar-refractivity contribution in [2.45, 2.75) is 31.7 Å². The number of rotatable bonds is 10. The molecule has 1 atom stereocenters. The monoisotopic (exact) mass is 444 g/mol. The van der Waals surface area contributed by atoms with Crippen molar-refractivity contribution in [3.63, 3.8) is 0 Å². The summed E-state index contributed by atoms with van der Waals surface area (Å²) in [5.41, 5.74) is 1.59. The van der Waals surface area contributed by atoms with E-state index in [2.05, 4.69) is 5.32 Å². The number of ether oxygens (including phenoxy) is 1. The number of nitrogens with zero attached hydrogens (tertiary/aromatic N) is 1. The molecule has 0 saturated heterocycles. The molecule has 0 spiro atoms. The summed E-state index contributed by atoms with van der Waals surface area (Å²) in [4.78, 5) is 24.0. The van der Waals surface area contributed by atoms with Gasteiger partial charge in [-0.2, -0.15) is 4.31 Å². The highest BCUT2D eigenvalue weighted by molar-refractivity contribution is 7.89. The van der Waals surface area contributed by atoms with Crippen molar-refractivity contribution in [2.75, 3.05) is 19.7 Å². The minimum Gasteiger partial charge on any atom is -0.452 e. The Balaban J connectivity index is 1.87. The molecule has 0 aliphatic rings. The molecule has 31 heavy (non-hydrogen) atoms. The van der Waals surface area contributed by atoms with Crippen molar-refractivity contribution in [3.05, 3.63) is 71.8 Å². The molecular formula is C23H28N2O5S. The first-order valence-electron chi connectivity index (χ1n) is 10.1. The quantitative estimate of drug-likeness (QED) is 0.449. The van der Waals surface area contributed by atoms with Gasteiger partial charge in [0.1, 0.15) is 0 Å². The van der Waals surface area contributed by atoms with E-state index in [1.54, 1.807) is 26.0 Å². The molecule has 0 fully saturated rings. The lowest BCUT2D eigenvalue weighted by Gasteiger charge is -2.18. The minimum atomic E-state index is -3.52. The van der Waals surface area contributed by atoms with Gasteiger partial charge in [0.2, 0.25) is 10.0 Å². The first-order chi connectivity index (χ1) is 14.8. The Morgan fingerprint density at radius 3 is 2.23 bits per heavy atom. The number of hydrogen-bond donors (Lipinski definition) is 1. The van der Waals surface area contributed by atoms with E-state index >= 15 is 0 Å². The van der Waals surface area contributed by atoms with Crippen molar-refractivity contribution in [2.24, 2.45) is 0 Å². The molecule has 166 valence electrons. The minimum absolute atomic E-state index is 0.195. The molecule has 0 heterocycles. The Labute approximate surface area is 183 Å². The molecule has 0 radical (unpaired) electrons. The predicted octanol–water partition coefficient (Wildman–Crippen LogP) is 3.15. The van der Waals surface area contributed by atoms with Gasteiger partial charge in [0.15, 0.2) is 6.61 Å². The number of amides is 1. The summed E-state index contributed by atoms with van der Waals surface area (Å²) in [6.07, 6.45) is 2.70. The summed E-state index contributed by atoms with van der Waals surface area (Å²) >= 11 is 0. The second-order valence-corrected chi connectivity index (χ2v) is 8.74. The third-order valence-electron chi connectivity index (χ3n) is 4.66. The summed E-state index contributed by atoms with van der Waals surface area (Å²) in [6.45, 7) is 5.81. The second-order valence-electron chi connectivity index (χ2n) is 6.80. The highest BCUT2D eigenvalue weighted by Gasteiger charge is 2.21. The summed E-state index contributed by atoms with van der Waals surface area (Å²) in [7, 11) is -3.52. The van der Waals surface area contributed by atoms with Gasteiger partial charge >= 0.3 is 5.97 Å². The average molecular weight is 445 g/mol. The third kappa shape index (κ3) is 7.04. The van der Waals surface area contributed by atoms with Crippen LogP contribution in [-0.2, 0) is 24.3 Å². The molecule has 0 unspecified atom stereocenters. The lowest BCUT2D eigenvalue weighted by Crippen LogP contribution is -2.30. The van der Waals surface area contributed by atoms with Crippen LogP contribution in [0.15, 0.2) is 65.6 Å². The van der Waals surface area contributed by atoms with Crippen LogP contribution in [0.5, 0.6) is 0 Å². The Morgan fingerprint density at radius 1 is 1.03 bits per heavy atom. The van der Waals surface area contributed by atoms with Crippen LogP contribution in [0, 0.1) is 0 Å². The van der Waals surface area contributed by atoms with Gasteiger partial charge < -0.3 is 10.1 Å². The van der Waals surface area contributed by atoms with E-state index in [1.807, 2.05) is 37.3 Å². The maximum Gasteiger partial charge on any atom is 0.331 e. The lowest BCUT2D eigenvalue weighted by atomic mass is 10.1. The number of carbonyl (C=O) groups excluding carboxylic acids is 2. The molecule has 1 amide bonds. The SMILES string of the molecule is CCN(CC)S(=O)(=O)c1ccc(/C=C/C(=O)OCC(=O)N[C@H](C)c2ccccc2)cc1. The number of nitrogens with one attached hydrogen (secondary N) is 1. The summed E-state index contributed by atoms with van der Waals surface area (Å²) in [6, 6.07) is 15.5. The molecule has 0 aromatic heterocycles. The van der Waals surface area contributed by atoms with E-state index in [0.29, 0.717) is 18.7 Å². The van der Waals surface area contributed by atoms with Gasteiger partial charge in [0.05, 0.1) is 10.9 Å². The highest BCUT2D eigenvalue weighted by atomic mass is 32.2. The molecule has 8 heteroatoms. The maximum absolute atomic E-state index is 12.5. The van der Waals surface area contributed by atoms with Crippen LogP contribution in [-0.4, -0.2) is 44.3 Å². The van der Waals surface area contributed by atoms with Crippen LogP contribution in [0.25, 0.3) is 6.08 Å². The fourth-order valence-corrected chi connectivity index (χ4v) is 4.38. The second kappa shape index (κ2) is 11.4. The molecule has 0 aliphatic heterocycles. The van der Waals surface area contributed by atoms with Gasteiger partial charge in [-0.25, -0.2) is 13.2 Å². The average Bonchev–Trinajstić information content (AvgIpc) is 2.77. The highest BCUT2D eigenvalue weighted by Crippen LogP contribution is 2.17. The number of benzene rings is 2. The molecule has 7 nitrogen and oxygen atoms in total. The van der Waals surface area contributed by atoms with Crippen LogP contribution < -0.4 is 5.32 Å². The maximum atomic E-state index is 12.5. The van der Waals surface area contributed by atoms with Crippen LogP contribution in [0.2, 0.25) is 0 Å². The summed E-state index contributed by atoms with van der Waals surface area (Å²) in [5.74, 6) is -1.06. The fourth-order valence-electron chi connectivity index (χ4n) is 2.92. The molecule has 2 aromatic rings. The van der Waals surface area contributed by atoms with Gasteiger partial charge in [0.25, 0.3) is 5.91 Å². The molecule has 1 N–H and O–H groups in total. The number of esters is 1. The standard InChI is InChI=1S/C23H28N2O5S/c1-4-25(5-2)31(28,29)21-14-11-19(12-15-21)13-16-23(27)30-17-22(26)24-18(3)20-9-7-6-8-10-20/h6-16,18H,4-5,17H2,1-3H3,(H,24,26)/b16-13+/t18-/m1/s1. The zero-order valence-corrected chi connectivity index (χ0v) is 18.8. The summed E-state index contributed by atoms with van der Waals surface area (Å²) in [5, 5.41) is 2.76. The summed E-state index contributed by atoms with van der Waals surface area (Å²) < 4.78 is 31.3. The zero-order chi connectivity index (χ0) is 22.9. The number of carbonyl (C=O) groups is 2. The Bertz CT molecular complexity index is 998. The van der Waals surface area contributed by atoms with E-state index < -0.39 is 21.9 Å². The predicted molar refractivity (Wildman–Crippen MR) is 120 cm³/mol. The Morgan fingerprint density at radius 2 is 1.65 bits per heavy atom. The van der Waals surface area contributed by atoms with Gasteiger partial charge in [0, 0.05) is 19.2 Å². The molecule has 0 saturated carbocycles. The van der Waals surface area contributed by atoms with E-state index in [4.69, 9.17) is 4.74 Å². The lowest BCUT2D eigenvalue weighted by molar-refractivity contribution is -0.144. The third-order valence-corrected chi connectivity index (χ3v) is 6.72. The van der Waals surface area contributed by atoms with Crippen molar-refractivity contribution in [3.8, 4) is 0 Å². The molecule has 0 bridgehead atoms. The van der Waals surface area contributed by atoms with E-state index in [-0.39, 0.29) is 17.5 Å². The Hall–Kier alpha value is -2.97. The smallest absolute Gasteiger partial charge is 0.331 e. The molecule has 2 aromatic carbocycles. The van der Waals surface area contributed by atoms with Gasteiger partial charge in [-0.1, -0.05) is 56.3 Å². The van der Waals surface area contributed by atoms with Crippen LogP contribution >= 0.6 is 0 Å². The van der Waals surface area contributed by atoms with Gasteiger partial charge in [-0.3, -0.25) is 4.79 Å². The van der Waals surface area contributed by atoms with Crippen molar-refractivity contribution in [1.29, 1.82) is 0 Å². The van der Waals surface area contributed by atoms with E-state index in [9.17, 15) is 18.0 Å². The van der Waals surface area contributed by atoms with E-state index in [1.165, 1.54) is 28.6 Å². The van der Waals surface area contributed by atoms with Crippen LogP contribution in [0.1, 0.15) is 37.9 Å². The van der Waals surface area contributed by atoms with E-state index in [0.717, 1.165) is 5.56 Å². The number of sulfonamides is 1. The zero-order valence-electron chi connectivity index (χ0n) is 17.9. The molecule has 2 rings (SSSR count). The number of hydrogen-bond acceptors (Lipinski definition) is 5. The first kappa shape index (κ1) is 24.3. The first-order valence-corrected chi connectivity index (χ1v) is 11.5. The van der Waals surface area contributed by atoms with Crippen molar-refractivity contribution in [1.82, 2.24) is 9.62 Å². The van der Waals surface area contributed by atoms with Crippen LogP contribution in [0.3, 0.4) is 0 Å². The van der Waals surface area contributed by atoms with Crippen molar-refractivity contribution >= 4 is 28.0 Å².